The summed E-state index contributed by atoms with van der Waals surface area (Å²) in [7, 11) is 0. The predicted octanol–water partition coefficient (Wildman–Crippen LogP) is 12.3. The second kappa shape index (κ2) is 8.82. The van der Waals surface area contributed by atoms with Gasteiger partial charge in [-0.25, -0.2) is 0 Å². The molecule has 204 valence electrons. The maximum absolute atomic E-state index is 6.65. The molecule has 0 saturated carbocycles. The Hall–Kier alpha value is -5.86. The van der Waals surface area contributed by atoms with Crippen molar-refractivity contribution in [3.8, 4) is 22.3 Å². The van der Waals surface area contributed by atoms with Gasteiger partial charge in [-0.2, -0.15) is 0 Å². The molecule has 0 bridgehead atoms. The fraction of sp³-hybridized carbons (Fsp3) is 0. The Morgan fingerprint density at radius 1 is 0.295 bits per heavy atom. The zero-order valence-corrected chi connectivity index (χ0v) is 23.7. The Morgan fingerprint density at radius 3 is 1.32 bits per heavy atom. The van der Waals surface area contributed by atoms with Crippen molar-refractivity contribution in [2.75, 3.05) is 0 Å². The van der Waals surface area contributed by atoms with E-state index in [0.717, 1.165) is 43.9 Å². The zero-order chi connectivity index (χ0) is 28.8. The molecule has 2 heterocycles. The van der Waals surface area contributed by atoms with Crippen molar-refractivity contribution in [1.82, 2.24) is 0 Å². The van der Waals surface area contributed by atoms with E-state index >= 15 is 0 Å². The average Bonchev–Trinajstić information content (AvgIpc) is 3.67. The molecule has 8 aromatic carbocycles. The van der Waals surface area contributed by atoms with Gasteiger partial charge < -0.3 is 8.83 Å². The van der Waals surface area contributed by atoms with Crippen molar-refractivity contribution in [2.24, 2.45) is 0 Å². The Morgan fingerprint density at radius 2 is 0.727 bits per heavy atom. The molecule has 2 nitrogen and oxygen atoms in total. The van der Waals surface area contributed by atoms with Gasteiger partial charge in [0.2, 0.25) is 0 Å². The van der Waals surface area contributed by atoms with E-state index in [1.54, 1.807) is 0 Å². The minimum Gasteiger partial charge on any atom is -0.452 e. The van der Waals surface area contributed by atoms with E-state index in [1.807, 2.05) is 12.1 Å². The maximum atomic E-state index is 6.65. The minimum absolute atomic E-state index is 0.802. The summed E-state index contributed by atoms with van der Waals surface area (Å²) in [6.45, 7) is 0. The van der Waals surface area contributed by atoms with Gasteiger partial charge in [0, 0.05) is 21.5 Å². The topological polar surface area (TPSA) is 26.3 Å². The first kappa shape index (κ1) is 23.7. The van der Waals surface area contributed by atoms with E-state index in [2.05, 4.69) is 133 Å². The first-order chi connectivity index (χ1) is 21.8. The number of rotatable bonds is 2. The lowest BCUT2D eigenvalue weighted by Gasteiger charge is -2.17. The van der Waals surface area contributed by atoms with Crippen molar-refractivity contribution in [3.05, 3.63) is 146 Å². The largest absolute Gasteiger partial charge is 0.452 e. The molecular formula is C42H24O2. The van der Waals surface area contributed by atoms with Gasteiger partial charge >= 0.3 is 0 Å². The van der Waals surface area contributed by atoms with Crippen LogP contribution in [0.15, 0.2) is 154 Å². The van der Waals surface area contributed by atoms with Crippen LogP contribution < -0.4 is 0 Å². The summed E-state index contributed by atoms with van der Waals surface area (Å²) in [6, 6.07) is 51.9. The number of fused-ring (bicyclic) bond motifs is 12. The maximum Gasteiger partial charge on any atom is 0.179 e. The summed E-state index contributed by atoms with van der Waals surface area (Å²) in [5, 5.41) is 11.7. The Kier molecular flexibility index (Phi) is 4.75. The lowest BCUT2D eigenvalue weighted by Crippen LogP contribution is -1.90. The Balaban J connectivity index is 1.35. The van der Waals surface area contributed by atoms with Gasteiger partial charge in [0.25, 0.3) is 0 Å². The van der Waals surface area contributed by atoms with E-state index in [9.17, 15) is 0 Å². The van der Waals surface area contributed by atoms with Crippen LogP contribution in [0.2, 0.25) is 0 Å². The third kappa shape index (κ3) is 3.14. The van der Waals surface area contributed by atoms with Gasteiger partial charge in [0.15, 0.2) is 11.2 Å². The van der Waals surface area contributed by atoms with Gasteiger partial charge in [-0.05, 0) is 72.8 Å². The Bertz CT molecular complexity index is 2700. The first-order valence-electron chi connectivity index (χ1n) is 15.0. The van der Waals surface area contributed by atoms with Crippen molar-refractivity contribution >= 4 is 76.2 Å². The van der Waals surface area contributed by atoms with E-state index < -0.39 is 0 Å². The fourth-order valence-corrected chi connectivity index (χ4v) is 7.43. The standard InChI is InChI=1S/C42H24O2/c1-2-12-25(13-3-1)37-27-14-4-6-16-29(27)38(30-17-7-5-15-28(30)37)26-22-23-36-34(24-26)40-32-19-9-8-18-31(32)39-33-20-10-11-21-35(33)43-41(39)42(40)44-36/h1-24H. The molecule has 2 aromatic heterocycles. The molecule has 0 unspecified atom stereocenters. The second-order valence-corrected chi connectivity index (χ2v) is 11.6. The SMILES string of the molecule is c1ccc(-c2c3ccccc3c(-c3ccc4oc5c6oc7ccccc7c6c6ccccc6c5c4c3)c3ccccc23)cc1. The number of para-hydroxylation sites is 1. The molecule has 0 aliphatic rings. The molecule has 0 aliphatic heterocycles. The zero-order valence-electron chi connectivity index (χ0n) is 23.7. The van der Waals surface area contributed by atoms with Crippen LogP contribution in [-0.2, 0) is 0 Å². The van der Waals surface area contributed by atoms with Crippen LogP contribution in [0.3, 0.4) is 0 Å². The third-order valence-electron chi connectivity index (χ3n) is 9.24. The summed E-state index contributed by atoms with van der Waals surface area (Å²) in [5.41, 5.74) is 8.24. The number of hydrogen-bond donors (Lipinski definition) is 0. The second-order valence-electron chi connectivity index (χ2n) is 11.6. The molecule has 0 saturated heterocycles. The summed E-state index contributed by atoms with van der Waals surface area (Å²) in [6.07, 6.45) is 0. The Labute approximate surface area is 252 Å². The van der Waals surface area contributed by atoms with Crippen molar-refractivity contribution in [3.63, 3.8) is 0 Å². The fourth-order valence-electron chi connectivity index (χ4n) is 7.43. The minimum atomic E-state index is 0.802. The summed E-state index contributed by atoms with van der Waals surface area (Å²) >= 11 is 0. The molecular weight excluding hydrogens is 536 g/mol. The first-order valence-corrected chi connectivity index (χ1v) is 15.0. The molecule has 44 heavy (non-hydrogen) atoms. The molecule has 0 fully saturated rings. The average molecular weight is 561 g/mol. The molecule has 0 aliphatic carbocycles. The van der Waals surface area contributed by atoms with E-state index in [0.29, 0.717) is 0 Å². The van der Waals surface area contributed by atoms with Gasteiger partial charge in [0.1, 0.15) is 11.2 Å². The number of benzene rings is 8. The van der Waals surface area contributed by atoms with Crippen molar-refractivity contribution in [1.29, 1.82) is 0 Å². The summed E-state index contributed by atoms with van der Waals surface area (Å²) < 4.78 is 13.1. The van der Waals surface area contributed by atoms with Crippen LogP contribution in [0.4, 0.5) is 0 Å². The van der Waals surface area contributed by atoms with E-state index in [-0.39, 0.29) is 0 Å². The highest BCUT2D eigenvalue weighted by Crippen LogP contribution is 2.47. The lowest BCUT2D eigenvalue weighted by molar-refractivity contribution is 0.633. The predicted molar refractivity (Wildman–Crippen MR) is 184 cm³/mol. The molecule has 2 heteroatoms. The van der Waals surface area contributed by atoms with Crippen LogP contribution >= 0.6 is 0 Å². The highest BCUT2D eigenvalue weighted by Gasteiger charge is 2.22. The molecule has 10 rings (SSSR count). The molecule has 0 N–H and O–H groups in total. The van der Waals surface area contributed by atoms with Gasteiger partial charge in [0.05, 0.1) is 0 Å². The van der Waals surface area contributed by atoms with Crippen LogP contribution in [0.1, 0.15) is 0 Å². The van der Waals surface area contributed by atoms with Gasteiger partial charge in [-0.1, -0.05) is 127 Å². The monoisotopic (exact) mass is 560 g/mol. The van der Waals surface area contributed by atoms with E-state index in [1.165, 1.54) is 54.6 Å². The smallest absolute Gasteiger partial charge is 0.179 e. The van der Waals surface area contributed by atoms with Crippen LogP contribution in [0, 0.1) is 0 Å². The molecule has 10 aromatic rings. The lowest BCUT2D eigenvalue weighted by atomic mass is 9.85. The highest BCUT2D eigenvalue weighted by molar-refractivity contribution is 6.34. The number of furan rings is 2. The van der Waals surface area contributed by atoms with Crippen LogP contribution in [-0.4, -0.2) is 0 Å². The van der Waals surface area contributed by atoms with Crippen molar-refractivity contribution in [2.45, 2.75) is 0 Å². The highest BCUT2D eigenvalue weighted by atomic mass is 16.4. The summed E-state index contributed by atoms with van der Waals surface area (Å²) in [5.74, 6) is 0. The molecule has 0 atom stereocenters. The van der Waals surface area contributed by atoms with E-state index in [4.69, 9.17) is 8.83 Å². The van der Waals surface area contributed by atoms with Gasteiger partial charge in [-0.15, -0.1) is 0 Å². The summed E-state index contributed by atoms with van der Waals surface area (Å²) in [4.78, 5) is 0. The molecule has 0 spiro atoms. The normalized spacial score (nSPS) is 12.1. The van der Waals surface area contributed by atoms with Crippen LogP contribution in [0.25, 0.3) is 98.4 Å². The van der Waals surface area contributed by atoms with Crippen molar-refractivity contribution < 1.29 is 8.83 Å². The molecule has 0 amide bonds. The molecule has 0 radical (unpaired) electrons. The number of hydrogen-bond acceptors (Lipinski definition) is 2. The third-order valence-corrected chi connectivity index (χ3v) is 9.24. The van der Waals surface area contributed by atoms with Gasteiger partial charge in [-0.3, -0.25) is 0 Å². The van der Waals surface area contributed by atoms with Crippen LogP contribution in [0.5, 0.6) is 0 Å². The quantitative estimate of drug-likeness (QED) is 0.197.